The van der Waals surface area contributed by atoms with Gasteiger partial charge in [-0.05, 0) is 42.5 Å². The first-order chi connectivity index (χ1) is 12.2. The van der Waals surface area contributed by atoms with Gasteiger partial charge < -0.3 is 4.84 Å². The summed E-state index contributed by atoms with van der Waals surface area (Å²) in [6.45, 7) is 7.81. The number of anilines is 1. The highest BCUT2D eigenvalue weighted by atomic mass is 19.1. The Labute approximate surface area is 152 Å². The molecule has 2 amide bonds. The molecule has 2 aliphatic rings. The third-order valence-corrected chi connectivity index (χ3v) is 4.74. The first-order valence-corrected chi connectivity index (χ1v) is 8.70. The number of hydrogen-bond acceptors (Lipinski definition) is 4. The highest BCUT2D eigenvalue weighted by Gasteiger charge is 2.38. The summed E-state index contributed by atoms with van der Waals surface area (Å²) in [7, 11) is 0. The molecular formula is C19H24FN3O3. The second-order valence-corrected chi connectivity index (χ2v) is 7.84. The van der Waals surface area contributed by atoms with Crippen LogP contribution in [0.1, 0.15) is 39.2 Å². The zero-order valence-electron chi connectivity index (χ0n) is 15.4. The summed E-state index contributed by atoms with van der Waals surface area (Å²) in [6, 6.07) is 3.82. The molecule has 2 atom stereocenters. The molecule has 1 aromatic rings. The minimum Gasteiger partial charge on any atom is -0.390 e. The van der Waals surface area contributed by atoms with Crippen LogP contribution >= 0.6 is 0 Å². The molecule has 3 rings (SSSR count). The zero-order valence-corrected chi connectivity index (χ0v) is 15.4. The average molecular weight is 361 g/mol. The molecule has 6 nitrogen and oxygen atoms in total. The predicted molar refractivity (Wildman–Crippen MR) is 95.3 cm³/mol. The molecule has 0 aliphatic carbocycles. The topological polar surface area (TPSA) is 70.7 Å². The van der Waals surface area contributed by atoms with Crippen LogP contribution in [0, 0.1) is 18.2 Å². The number of rotatable bonds is 3. The molecule has 1 fully saturated rings. The van der Waals surface area contributed by atoms with E-state index in [4.69, 9.17) is 4.84 Å². The van der Waals surface area contributed by atoms with Crippen LogP contribution in [-0.2, 0) is 14.4 Å². The lowest BCUT2D eigenvalue weighted by atomic mass is 9.87. The lowest BCUT2D eigenvalue weighted by molar-refractivity contribution is -0.124. The van der Waals surface area contributed by atoms with E-state index in [2.05, 4.69) is 31.6 Å². The number of amides is 2. The second kappa shape index (κ2) is 6.72. The van der Waals surface area contributed by atoms with Crippen LogP contribution in [0.4, 0.5) is 10.1 Å². The third-order valence-electron chi connectivity index (χ3n) is 4.74. The summed E-state index contributed by atoms with van der Waals surface area (Å²) in [5.41, 5.74) is 3.68. The van der Waals surface area contributed by atoms with Crippen molar-refractivity contribution in [2.24, 2.45) is 5.41 Å². The number of benzene rings is 1. The van der Waals surface area contributed by atoms with Crippen molar-refractivity contribution in [3.8, 4) is 0 Å². The Bertz CT molecular complexity index is 770. The van der Waals surface area contributed by atoms with Crippen molar-refractivity contribution in [3.05, 3.63) is 41.5 Å². The predicted octanol–water partition coefficient (Wildman–Crippen LogP) is 2.54. The molecule has 2 aliphatic heterocycles. The maximum atomic E-state index is 13.9. The van der Waals surface area contributed by atoms with Crippen molar-refractivity contribution in [2.45, 2.75) is 52.6 Å². The maximum absolute atomic E-state index is 13.9. The summed E-state index contributed by atoms with van der Waals surface area (Å²) in [5.74, 6) is -0.621. The minimum atomic E-state index is -0.692. The van der Waals surface area contributed by atoms with Crippen molar-refractivity contribution >= 4 is 17.5 Å². The normalized spacial score (nSPS) is 23.0. The Hall–Kier alpha value is -2.41. The number of carbonyl (C=O) groups is 2. The number of hydroxylamine groups is 1. The summed E-state index contributed by atoms with van der Waals surface area (Å²) in [4.78, 5) is 31.7. The van der Waals surface area contributed by atoms with Crippen LogP contribution in [0.5, 0.6) is 0 Å². The SMILES string of the molecule is Cc1ccc(N2C(=O)CC[C@H]2C(=O)NC2=CC(C(C)(C)C)NO2)cc1F. The zero-order chi connectivity index (χ0) is 19.1. The third kappa shape index (κ3) is 3.58. The first-order valence-electron chi connectivity index (χ1n) is 8.70. The molecule has 0 spiro atoms. The highest BCUT2D eigenvalue weighted by Crippen LogP contribution is 2.29. The monoisotopic (exact) mass is 361 g/mol. The van der Waals surface area contributed by atoms with Gasteiger partial charge in [0.25, 0.3) is 0 Å². The van der Waals surface area contributed by atoms with Crippen LogP contribution in [0.2, 0.25) is 0 Å². The maximum Gasteiger partial charge on any atom is 0.249 e. The van der Waals surface area contributed by atoms with Crippen molar-refractivity contribution in [2.75, 3.05) is 4.90 Å². The van der Waals surface area contributed by atoms with Gasteiger partial charge in [-0.25, -0.2) is 4.39 Å². The van der Waals surface area contributed by atoms with Crippen LogP contribution in [0.3, 0.4) is 0 Å². The fourth-order valence-electron chi connectivity index (χ4n) is 3.03. The smallest absolute Gasteiger partial charge is 0.249 e. The molecule has 0 saturated carbocycles. The van der Waals surface area contributed by atoms with Crippen molar-refractivity contribution in [1.82, 2.24) is 10.8 Å². The largest absolute Gasteiger partial charge is 0.390 e. The average Bonchev–Trinajstić information content (AvgIpc) is 3.16. The van der Waals surface area contributed by atoms with Gasteiger partial charge in [0.2, 0.25) is 17.7 Å². The van der Waals surface area contributed by atoms with E-state index < -0.39 is 11.9 Å². The second-order valence-electron chi connectivity index (χ2n) is 7.84. The quantitative estimate of drug-likeness (QED) is 0.868. The molecule has 26 heavy (non-hydrogen) atoms. The van der Waals surface area contributed by atoms with E-state index in [1.54, 1.807) is 19.1 Å². The Morgan fingerprint density at radius 2 is 2.12 bits per heavy atom. The van der Waals surface area contributed by atoms with Crippen molar-refractivity contribution in [3.63, 3.8) is 0 Å². The fraction of sp³-hybridized carbons (Fsp3) is 0.474. The summed E-state index contributed by atoms with van der Waals surface area (Å²) in [6.07, 6.45) is 2.44. The summed E-state index contributed by atoms with van der Waals surface area (Å²) < 4.78 is 13.9. The van der Waals surface area contributed by atoms with Crippen LogP contribution < -0.4 is 15.7 Å². The Morgan fingerprint density at radius 3 is 2.73 bits per heavy atom. The summed E-state index contributed by atoms with van der Waals surface area (Å²) >= 11 is 0. The van der Waals surface area contributed by atoms with E-state index >= 15 is 0 Å². The number of halogens is 1. The number of hydrogen-bond donors (Lipinski definition) is 2. The van der Waals surface area contributed by atoms with Gasteiger partial charge >= 0.3 is 0 Å². The minimum absolute atomic E-state index is 0.0368. The molecule has 0 aromatic heterocycles. The van der Waals surface area contributed by atoms with Gasteiger partial charge in [0.1, 0.15) is 11.9 Å². The molecule has 2 heterocycles. The van der Waals surface area contributed by atoms with Crippen LogP contribution in [0.25, 0.3) is 0 Å². The lowest BCUT2D eigenvalue weighted by Gasteiger charge is -2.24. The number of nitrogens with zero attached hydrogens (tertiary/aromatic N) is 1. The van der Waals surface area contributed by atoms with E-state index in [-0.39, 0.29) is 29.7 Å². The molecule has 7 heteroatoms. The first kappa shape index (κ1) is 18.4. The molecule has 0 bridgehead atoms. The standard InChI is InChI=1S/C19H24FN3O3/c1-11-5-6-12(9-13(11)20)23-14(7-8-17(23)24)18(25)21-16-10-15(22-26-16)19(2,3)4/h5-6,9-10,14-15,22H,7-8H2,1-4H3,(H,21,25)/t14-,15?/m0/s1. The van der Waals surface area contributed by atoms with E-state index in [0.29, 0.717) is 23.6 Å². The van der Waals surface area contributed by atoms with E-state index in [0.717, 1.165) is 0 Å². The molecule has 1 unspecified atom stereocenters. The Morgan fingerprint density at radius 1 is 1.38 bits per heavy atom. The number of nitrogens with one attached hydrogen (secondary N) is 2. The van der Waals surface area contributed by atoms with Gasteiger partial charge in [-0.3, -0.25) is 19.8 Å². The van der Waals surface area contributed by atoms with E-state index in [1.165, 1.54) is 11.0 Å². The lowest BCUT2D eigenvalue weighted by Crippen LogP contribution is -2.44. The van der Waals surface area contributed by atoms with Gasteiger partial charge in [-0.2, -0.15) is 0 Å². The molecule has 140 valence electrons. The van der Waals surface area contributed by atoms with Crippen LogP contribution in [-0.4, -0.2) is 23.9 Å². The van der Waals surface area contributed by atoms with Crippen molar-refractivity contribution < 1.29 is 18.8 Å². The van der Waals surface area contributed by atoms with Gasteiger partial charge in [0.05, 0.1) is 6.04 Å². The van der Waals surface area contributed by atoms with Crippen molar-refractivity contribution in [1.29, 1.82) is 0 Å². The van der Waals surface area contributed by atoms with Gasteiger partial charge in [-0.15, -0.1) is 5.48 Å². The molecule has 2 N–H and O–H groups in total. The van der Waals surface area contributed by atoms with Gasteiger partial charge in [-0.1, -0.05) is 26.8 Å². The van der Waals surface area contributed by atoms with E-state index in [9.17, 15) is 14.0 Å². The van der Waals surface area contributed by atoms with Gasteiger partial charge in [0.15, 0.2) is 0 Å². The Balaban J connectivity index is 1.76. The Kier molecular flexibility index (Phi) is 4.75. The van der Waals surface area contributed by atoms with Crippen LogP contribution in [0.15, 0.2) is 30.2 Å². The summed E-state index contributed by atoms with van der Waals surface area (Å²) in [5, 5.41) is 2.72. The van der Waals surface area contributed by atoms with Gasteiger partial charge in [0, 0.05) is 12.1 Å². The highest BCUT2D eigenvalue weighted by molar-refractivity contribution is 6.04. The number of aryl methyl sites for hydroxylation is 1. The molecule has 1 aromatic carbocycles. The molecule has 0 radical (unpaired) electrons. The number of carbonyl (C=O) groups excluding carboxylic acids is 2. The van der Waals surface area contributed by atoms with E-state index in [1.807, 2.05) is 6.08 Å². The molecular weight excluding hydrogens is 337 g/mol. The molecule has 1 saturated heterocycles. The fourth-order valence-corrected chi connectivity index (χ4v) is 3.03.